The minimum atomic E-state index is 0.580. The molecule has 0 amide bonds. The van der Waals surface area contributed by atoms with Crippen LogP contribution in [0.4, 0.5) is 0 Å². The number of fused-ring (bicyclic) bond motifs is 1. The van der Waals surface area contributed by atoms with Crippen molar-refractivity contribution in [3.8, 4) is 0 Å². The lowest BCUT2D eigenvalue weighted by atomic mass is 9.89. The molecule has 1 fully saturated rings. The van der Waals surface area contributed by atoms with Crippen molar-refractivity contribution in [3.63, 3.8) is 0 Å². The van der Waals surface area contributed by atoms with Crippen LogP contribution in [0.5, 0.6) is 0 Å². The summed E-state index contributed by atoms with van der Waals surface area (Å²) in [4.78, 5) is 3.23. The molecule has 1 saturated carbocycles. The van der Waals surface area contributed by atoms with Crippen LogP contribution in [0.1, 0.15) is 24.8 Å². The normalized spacial score (nSPS) is 15.1. The Balaban J connectivity index is 1.95. The van der Waals surface area contributed by atoms with Crippen molar-refractivity contribution in [1.29, 1.82) is 0 Å². The Hall–Kier alpha value is -1.70. The van der Waals surface area contributed by atoms with Crippen molar-refractivity contribution >= 4 is 10.9 Å². The van der Waals surface area contributed by atoms with Crippen molar-refractivity contribution in [1.82, 2.24) is 4.98 Å². The molecule has 82 valence electrons. The number of nitrogens with one attached hydrogen (secondary N) is 1. The maximum atomic E-state index is 9.97. The van der Waals surface area contributed by atoms with Crippen molar-refractivity contribution in [3.05, 3.63) is 47.4 Å². The first-order chi connectivity index (χ1) is 7.84. The van der Waals surface area contributed by atoms with Crippen LogP contribution in [0.15, 0.2) is 41.8 Å². The topological polar surface area (TPSA) is 36.0 Å². The number of allylic oxidation sites excluding steroid dienone is 2. The number of H-pyrrole nitrogens is 1. The van der Waals surface area contributed by atoms with Crippen LogP contribution in [-0.2, 0) is 6.42 Å². The van der Waals surface area contributed by atoms with E-state index in [1.807, 2.05) is 18.3 Å². The number of rotatable bonds is 2. The van der Waals surface area contributed by atoms with Gasteiger partial charge in [-0.15, -0.1) is 0 Å². The van der Waals surface area contributed by atoms with E-state index in [1.165, 1.54) is 22.9 Å². The van der Waals surface area contributed by atoms with Crippen LogP contribution in [-0.4, -0.2) is 10.1 Å². The van der Waals surface area contributed by atoms with Gasteiger partial charge in [0, 0.05) is 23.5 Å². The second kappa shape index (κ2) is 3.71. The van der Waals surface area contributed by atoms with Gasteiger partial charge in [-0.05, 0) is 36.5 Å². The smallest absolute Gasteiger partial charge is 0.0959 e. The zero-order chi connectivity index (χ0) is 11.0. The molecule has 0 bridgehead atoms. The van der Waals surface area contributed by atoms with Crippen LogP contribution in [0.25, 0.3) is 10.9 Å². The quantitative estimate of drug-likeness (QED) is 0.733. The fraction of sp³-hybridized carbons (Fsp3) is 0.286. The second-order valence-corrected chi connectivity index (χ2v) is 4.44. The SMILES string of the molecule is OC(Cc1c[nH]c2ccccc12)=C1CCC1. The van der Waals surface area contributed by atoms with Gasteiger partial charge in [-0.3, -0.25) is 0 Å². The van der Waals surface area contributed by atoms with E-state index < -0.39 is 0 Å². The maximum absolute atomic E-state index is 9.97. The zero-order valence-electron chi connectivity index (χ0n) is 9.16. The molecule has 0 spiro atoms. The highest BCUT2D eigenvalue weighted by molar-refractivity contribution is 5.83. The predicted molar refractivity (Wildman–Crippen MR) is 65.5 cm³/mol. The van der Waals surface area contributed by atoms with Gasteiger partial charge < -0.3 is 10.1 Å². The average Bonchev–Trinajstić information content (AvgIpc) is 2.59. The van der Waals surface area contributed by atoms with Gasteiger partial charge in [0.1, 0.15) is 0 Å². The molecule has 1 aromatic heterocycles. The minimum Gasteiger partial charge on any atom is -0.512 e. The number of para-hydroxylation sites is 1. The van der Waals surface area contributed by atoms with Crippen molar-refractivity contribution in [2.75, 3.05) is 0 Å². The summed E-state index contributed by atoms with van der Waals surface area (Å²) >= 11 is 0. The lowest BCUT2D eigenvalue weighted by molar-refractivity contribution is 0.374. The summed E-state index contributed by atoms with van der Waals surface area (Å²) in [7, 11) is 0. The molecule has 3 rings (SSSR count). The van der Waals surface area contributed by atoms with E-state index in [4.69, 9.17) is 0 Å². The minimum absolute atomic E-state index is 0.580. The molecule has 1 aliphatic carbocycles. The van der Waals surface area contributed by atoms with Crippen LogP contribution in [0.2, 0.25) is 0 Å². The Labute approximate surface area is 94.6 Å². The number of hydrogen-bond donors (Lipinski definition) is 2. The molecule has 2 heteroatoms. The molecule has 0 aliphatic heterocycles. The summed E-state index contributed by atoms with van der Waals surface area (Å²) in [6, 6.07) is 8.21. The Morgan fingerprint density at radius 1 is 1.25 bits per heavy atom. The summed E-state index contributed by atoms with van der Waals surface area (Å²) in [6.45, 7) is 0. The zero-order valence-corrected chi connectivity index (χ0v) is 9.16. The third kappa shape index (κ3) is 1.51. The van der Waals surface area contributed by atoms with Crippen LogP contribution in [0.3, 0.4) is 0 Å². The molecule has 1 aliphatic rings. The highest BCUT2D eigenvalue weighted by Crippen LogP contribution is 2.30. The van der Waals surface area contributed by atoms with Gasteiger partial charge in [0.05, 0.1) is 5.76 Å². The van der Waals surface area contributed by atoms with Crippen LogP contribution < -0.4 is 0 Å². The Morgan fingerprint density at radius 3 is 2.81 bits per heavy atom. The Kier molecular flexibility index (Phi) is 2.21. The summed E-state index contributed by atoms with van der Waals surface area (Å²) in [5.41, 5.74) is 3.57. The first-order valence-electron chi connectivity index (χ1n) is 5.79. The highest BCUT2D eigenvalue weighted by Gasteiger charge is 2.15. The maximum Gasteiger partial charge on any atom is 0.0959 e. The molecule has 16 heavy (non-hydrogen) atoms. The molecule has 0 radical (unpaired) electrons. The first-order valence-corrected chi connectivity index (χ1v) is 5.79. The number of hydrogen-bond acceptors (Lipinski definition) is 1. The number of benzene rings is 1. The van der Waals surface area contributed by atoms with Gasteiger partial charge in [0.15, 0.2) is 0 Å². The molecule has 0 unspecified atom stereocenters. The third-order valence-electron chi connectivity index (χ3n) is 3.40. The number of aliphatic hydroxyl groups is 1. The van der Waals surface area contributed by atoms with E-state index in [2.05, 4.69) is 17.1 Å². The summed E-state index contributed by atoms with van der Waals surface area (Å²) in [5, 5.41) is 11.2. The van der Waals surface area contributed by atoms with Gasteiger partial charge in [-0.25, -0.2) is 0 Å². The molecular weight excluding hydrogens is 198 g/mol. The van der Waals surface area contributed by atoms with E-state index >= 15 is 0 Å². The van der Waals surface area contributed by atoms with Crippen molar-refractivity contribution in [2.45, 2.75) is 25.7 Å². The van der Waals surface area contributed by atoms with E-state index in [-0.39, 0.29) is 0 Å². The second-order valence-electron chi connectivity index (χ2n) is 4.44. The molecule has 1 heterocycles. The van der Waals surface area contributed by atoms with Gasteiger partial charge >= 0.3 is 0 Å². The molecule has 0 saturated heterocycles. The molecule has 2 nitrogen and oxygen atoms in total. The summed E-state index contributed by atoms with van der Waals surface area (Å²) in [6.07, 6.45) is 6.05. The van der Waals surface area contributed by atoms with E-state index in [1.54, 1.807) is 0 Å². The largest absolute Gasteiger partial charge is 0.512 e. The lowest BCUT2D eigenvalue weighted by Crippen LogP contribution is -2.03. The molecule has 0 atom stereocenters. The van der Waals surface area contributed by atoms with Gasteiger partial charge in [-0.1, -0.05) is 18.2 Å². The van der Waals surface area contributed by atoms with Crippen LogP contribution >= 0.6 is 0 Å². The monoisotopic (exact) mass is 213 g/mol. The van der Waals surface area contributed by atoms with Gasteiger partial charge in [0.2, 0.25) is 0 Å². The van der Waals surface area contributed by atoms with Crippen LogP contribution in [0, 0.1) is 0 Å². The van der Waals surface area contributed by atoms with Gasteiger partial charge in [-0.2, -0.15) is 0 Å². The van der Waals surface area contributed by atoms with Crippen molar-refractivity contribution < 1.29 is 5.11 Å². The fourth-order valence-corrected chi connectivity index (χ4v) is 2.23. The van der Waals surface area contributed by atoms with Gasteiger partial charge in [0.25, 0.3) is 0 Å². The molecule has 2 N–H and O–H groups in total. The van der Waals surface area contributed by atoms with E-state index in [9.17, 15) is 5.11 Å². The highest BCUT2D eigenvalue weighted by atomic mass is 16.3. The number of aromatic nitrogens is 1. The first kappa shape index (κ1) is 9.52. The Morgan fingerprint density at radius 2 is 2.06 bits per heavy atom. The third-order valence-corrected chi connectivity index (χ3v) is 3.40. The molecule has 2 aromatic rings. The van der Waals surface area contributed by atoms with E-state index in [0.29, 0.717) is 12.2 Å². The lowest BCUT2D eigenvalue weighted by Gasteiger charge is -2.18. The molecular formula is C14H15NO. The van der Waals surface area contributed by atoms with Crippen molar-refractivity contribution in [2.24, 2.45) is 0 Å². The summed E-state index contributed by atoms with van der Waals surface area (Å²) in [5.74, 6) is 0.580. The summed E-state index contributed by atoms with van der Waals surface area (Å²) < 4.78 is 0. The fourth-order valence-electron chi connectivity index (χ4n) is 2.23. The average molecular weight is 213 g/mol. The number of aromatic amines is 1. The van der Waals surface area contributed by atoms with E-state index in [0.717, 1.165) is 18.4 Å². The predicted octanol–water partition coefficient (Wildman–Crippen LogP) is 3.71. The number of aliphatic hydroxyl groups excluding tert-OH is 1. The Bertz CT molecular complexity index is 545. The molecule has 1 aromatic carbocycles. The standard InChI is InChI=1S/C14H15NO/c16-14(10-4-3-5-10)8-11-9-15-13-7-2-1-6-12(11)13/h1-2,6-7,9,15-16H,3-5,8H2.